The van der Waals surface area contributed by atoms with Crippen LogP contribution in [-0.4, -0.2) is 26.1 Å². The highest BCUT2D eigenvalue weighted by atomic mass is 35.5. The van der Waals surface area contributed by atoms with Gasteiger partial charge in [-0.15, -0.1) is 12.4 Å². The van der Waals surface area contributed by atoms with Gasteiger partial charge in [0.2, 0.25) is 5.91 Å². The summed E-state index contributed by atoms with van der Waals surface area (Å²) in [6.45, 7) is 5.30. The van der Waals surface area contributed by atoms with Crippen molar-refractivity contribution in [1.29, 1.82) is 0 Å². The molecule has 0 saturated carbocycles. The number of hydrogen-bond donors (Lipinski definition) is 2. The maximum Gasteiger partial charge on any atom is 0.220 e. The van der Waals surface area contributed by atoms with Crippen LogP contribution in [0.4, 0.5) is 0 Å². The van der Waals surface area contributed by atoms with Crippen LogP contribution in [-0.2, 0) is 17.9 Å². The largest absolute Gasteiger partial charge is 0.493 e. The lowest BCUT2D eigenvalue weighted by Crippen LogP contribution is -2.33. The Kier molecular flexibility index (Phi) is 9.98. The maximum absolute atomic E-state index is 12.4. The predicted octanol–water partition coefficient (Wildman–Crippen LogP) is 4.34. The zero-order valence-electron chi connectivity index (χ0n) is 17.9. The van der Waals surface area contributed by atoms with E-state index in [4.69, 9.17) is 9.47 Å². The molecule has 0 aliphatic carbocycles. The Balaban J connectivity index is 0.00000320. The molecule has 30 heavy (non-hydrogen) atoms. The minimum absolute atomic E-state index is 0. The number of carbonyl (C=O) groups excluding carboxylic acids is 1. The molecule has 0 spiro atoms. The van der Waals surface area contributed by atoms with Crippen LogP contribution in [0.3, 0.4) is 0 Å². The van der Waals surface area contributed by atoms with Gasteiger partial charge < -0.3 is 20.1 Å². The number of hydrogen-bond acceptors (Lipinski definition) is 4. The van der Waals surface area contributed by atoms with Gasteiger partial charge in [0, 0.05) is 13.0 Å². The first-order valence-corrected chi connectivity index (χ1v) is 10.5. The molecular weight excluding hydrogens is 400 g/mol. The number of halogens is 1. The lowest BCUT2D eigenvalue weighted by molar-refractivity contribution is -0.122. The Morgan fingerprint density at radius 3 is 2.53 bits per heavy atom. The number of benzene rings is 2. The number of amides is 1. The molecule has 1 heterocycles. The van der Waals surface area contributed by atoms with Crippen molar-refractivity contribution in [2.75, 3.05) is 20.2 Å². The van der Waals surface area contributed by atoms with Gasteiger partial charge in [0.25, 0.3) is 0 Å². The Labute approximate surface area is 186 Å². The van der Waals surface area contributed by atoms with Crippen LogP contribution in [0.2, 0.25) is 0 Å². The topological polar surface area (TPSA) is 59.6 Å². The SMILES string of the molecule is COc1cc(CNC(=O)CC(C)C2CCNCC2)ccc1OCc1ccccc1.Cl. The normalized spacial score (nSPS) is 15.0. The molecule has 2 N–H and O–H groups in total. The van der Waals surface area contributed by atoms with Crippen LogP contribution in [0.1, 0.15) is 37.3 Å². The molecule has 1 aliphatic heterocycles. The highest BCUT2D eigenvalue weighted by Gasteiger charge is 2.21. The molecule has 1 saturated heterocycles. The number of piperidine rings is 1. The zero-order valence-corrected chi connectivity index (χ0v) is 18.7. The van der Waals surface area contributed by atoms with Crippen LogP contribution in [0.25, 0.3) is 0 Å². The summed E-state index contributed by atoms with van der Waals surface area (Å²) >= 11 is 0. The third kappa shape index (κ3) is 7.22. The second-order valence-corrected chi connectivity index (χ2v) is 7.81. The van der Waals surface area contributed by atoms with Crippen LogP contribution in [0.15, 0.2) is 48.5 Å². The molecule has 2 aromatic rings. The van der Waals surface area contributed by atoms with Gasteiger partial charge in [0.05, 0.1) is 7.11 Å². The Morgan fingerprint density at radius 1 is 1.10 bits per heavy atom. The summed E-state index contributed by atoms with van der Waals surface area (Å²) in [5.74, 6) is 2.55. The van der Waals surface area contributed by atoms with Crippen LogP contribution in [0, 0.1) is 11.8 Å². The summed E-state index contributed by atoms with van der Waals surface area (Å²) in [6.07, 6.45) is 2.91. The molecule has 3 rings (SSSR count). The fraction of sp³-hybridized carbons (Fsp3) is 0.458. The van der Waals surface area contributed by atoms with Gasteiger partial charge in [-0.05, 0) is 61.0 Å². The lowest BCUT2D eigenvalue weighted by Gasteiger charge is -2.27. The van der Waals surface area contributed by atoms with E-state index in [1.807, 2.05) is 48.5 Å². The summed E-state index contributed by atoms with van der Waals surface area (Å²) in [6, 6.07) is 15.8. The smallest absolute Gasteiger partial charge is 0.220 e. The molecule has 0 aromatic heterocycles. The highest BCUT2D eigenvalue weighted by molar-refractivity contribution is 5.85. The Bertz CT molecular complexity index is 779. The van der Waals surface area contributed by atoms with Gasteiger partial charge >= 0.3 is 0 Å². The van der Waals surface area contributed by atoms with Gasteiger partial charge in [-0.1, -0.05) is 43.3 Å². The number of ether oxygens (including phenoxy) is 2. The quantitative estimate of drug-likeness (QED) is 0.618. The van der Waals surface area contributed by atoms with E-state index in [-0.39, 0.29) is 18.3 Å². The molecule has 0 bridgehead atoms. The van der Waals surface area contributed by atoms with Gasteiger partial charge in [-0.25, -0.2) is 0 Å². The third-order valence-electron chi connectivity index (χ3n) is 5.65. The third-order valence-corrected chi connectivity index (χ3v) is 5.65. The fourth-order valence-corrected chi connectivity index (χ4v) is 3.82. The number of carbonyl (C=O) groups is 1. The van der Waals surface area contributed by atoms with Gasteiger partial charge in [-0.2, -0.15) is 0 Å². The van der Waals surface area contributed by atoms with Gasteiger partial charge in [0.15, 0.2) is 11.5 Å². The first-order chi connectivity index (χ1) is 14.2. The average molecular weight is 433 g/mol. The van der Waals surface area contributed by atoms with Gasteiger partial charge in [-0.3, -0.25) is 4.79 Å². The van der Waals surface area contributed by atoms with Crippen LogP contribution < -0.4 is 20.1 Å². The summed E-state index contributed by atoms with van der Waals surface area (Å²) in [5, 5.41) is 6.43. The monoisotopic (exact) mass is 432 g/mol. The van der Waals surface area contributed by atoms with Crippen molar-refractivity contribution in [3.63, 3.8) is 0 Å². The van der Waals surface area contributed by atoms with E-state index in [0.717, 1.165) is 37.1 Å². The first-order valence-electron chi connectivity index (χ1n) is 10.5. The van der Waals surface area contributed by atoms with Crippen molar-refractivity contribution in [3.8, 4) is 11.5 Å². The molecule has 5 nitrogen and oxygen atoms in total. The Morgan fingerprint density at radius 2 is 1.83 bits per heavy atom. The molecule has 0 radical (unpaired) electrons. The maximum atomic E-state index is 12.4. The second-order valence-electron chi connectivity index (χ2n) is 7.81. The average Bonchev–Trinajstić information content (AvgIpc) is 2.77. The van der Waals surface area contributed by atoms with E-state index in [1.165, 1.54) is 0 Å². The molecule has 1 fully saturated rings. The van der Waals surface area contributed by atoms with Gasteiger partial charge in [0.1, 0.15) is 6.61 Å². The van der Waals surface area contributed by atoms with Crippen molar-refractivity contribution in [2.45, 2.75) is 39.3 Å². The molecular formula is C24H33ClN2O3. The van der Waals surface area contributed by atoms with E-state index >= 15 is 0 Å². The van der Waals surface area contributed by atoms with Crippen molar-refractivity contribution < 1.29 is 14.3 Å². The molecule has 1 aliphatic rings. The van der Waals surface area contributed by atoms with Crippen LogP contribution in [0.5, 0.6) is 11.5 Å². The molecule has 164 valence electrons. The molecule has 2 aromatic carbocycles. The molecule has 1 unspecified atom stereocenters. The van der Waals surface area contributed by atoms with Crippen LogP contribution >= 0.6 is 12.4 Å². The van der Waals surface area contributed by atoms with E-state index in [2.05, 4.69) is 17.6 Å². The molecule has 1 atom stereocenters. The standard InChI is InChI=1S/C24H32N2O3.ClH/c1-18(21-10-12-25-13-11-21)14-24(27)26-16-20-8-9-22(23(15-20)28-2)29-17-19-6-4-3-5-7-19;/h3-9,15,18,21,25H,10-14,16-17H2,1-2H3,(H,26,27);1H. The second kappa shape index (κ2) is 12.5. The lowest BCUT2D eigenvalue weighted by atomic mass is 9.84. The number of nitrogens with one attached hydrogen (secondary N) is 2. The van der Waals surface area contributed by atoms with E-state index in [1.54, 1.807) is 7.11 Å². The molecule has 1 amide bonds. The van der Waals surface area contributed by atoms with E-state index < -0.39 is 0 Å². The summed E-state index contributed by atoms with van der Waals surface area (Å²) in [5.41, 5.74) is 2.10. The first kappa shape index (κ1) is 24.0. The molecule has 6 heteroatoms. The highest BCUT2D eigenvalue weighted by Crippen LogP contribution is 2.29. The number of rotatable bonds is 9. The predicted molar refractivity (Wildman–Crippen MR) is 122 cm³/mol. The van der Waals surface area contributed by atoms with Crippen molar-refractivity contribution >= 4 is 18.3 Å². The number of methoxy groups -OCH3 is 1. The zero-order chi connectivity index (χ0) is 20.5. The van der Waals surface area contributed by atoms with Crippen molar-refractivity contribution in [1.82, 2.24) is 10.6 Å². The minimum Gasteiger partial charge on any atom is -0.493 e. The van der Waals surface area contributed by atoms with E-state index in [9.17, 15) is 4.79 Å². The Hall–Kier alpha value is -2.24. The van der Waals surface area contributed by atoms with E-state index in [0.29, 0.717) is 42.9 Å². The summed E-state index contributed by atoms with van der Waals surface area (Å²) < 4.78 is 11.4. The van der Waals surface area contributed by atoms with Crippen molar-refractivity contribution in [3.05, 3.63) is 59.7 Å². The summed E-state index contributed by atoms with van der Waals surface area (Å²) in [4.78, 5) is 12.4. The fourth-order valence-electron chi connectivity index (χ4n) is 3.82. The summed E-state index contributed by atoms with van der Waals surface area (Å²) in [7, 11) is 1.63. The minimum atomic E-state index is 0. The van der Waals surface area contributed by atoms with Crippen molar-refractivity contribution in [2.24, 2.45) is 11.8 Å².